The molecule has 0 bridgehead atoms. The summed E-state index contributed by atoms with van der Waals surface area (Å²) in [6, 6.07) is 1.33. The van der Waals surface area contributed by atoms with Crippen molar-refractivity contribution in [3.05, 3.63) is 18.0 Å². The lowest BCUT2D eigenvalue weighted by Crippen LogP contribution is -2.29. The van der Waals surface area contributed by atoms with Gasteiger partial charge in [0.25, 0.3) is 0 Å². The first-order valence-corrected chi connectivity index (χ1v) is 6.43. The lowest BCUT2D eigenvalue weighted by Gasteiger charge is -2.30. The third-order valence-electron chi connectivity index (χ3n) is 3.70. The topological polar surface area (TPSA) is 64.3 Å². The van der Waals surface area contributed by atoms with E-state index in [0.717, 1.165) is 25.7 Å². The van der Waals surface area contributed by atoms with Crippen LogP contribution in [0.25, 0.3) is 0 Å². The van der Waals surface area contributed by atoms with Crippen LogP contribution < -0.4 is 0 Å². The van der Waals surface area contributed by atoms with E-state index in [9.17, 15) is 9.90 Å². The molecule has 5 nitrogen and oxygen atoms in total. The number of carbonyl (C=O) groups is 1. The molecular weight excluding hydrogens is 232 g/mol. The number of hydrogen-bond acceptors (Lipinski definition) is 4. The van der Waals surface area contributed by atoms with Crippen molar-refractivity contribution >= 4 is 5.97 Å². The first-order chi connectivity index (χ1) is 8.57. The lowest BCUT2D eigenvalue weighted by molar-refractivity contribution is -0.144. The number of aliphatic hydroxyl groups is 1. The summed E-state index contributed by atoms with van der Waals surface area (Å²) in [4.78, 5) is 11.4. The Morgan fingerprint density at radius 1 is 1.50 bits per heavy atom. The van der Waals surface area contributed by atoms with Gasteiger partial charge in [-0.05, 0) is 25.8 Å². The molecule has 0 aliphatic heterocycles. The Labute approximate surface area is 107 Å². The largest absolute Gasteiger partial charge is 0.467 e. The SMILES string of the molecule is COC(=O)C(C)n1ccc(C2(O)CCCCC2)n1. The maximum absolute atomic E-state index is 11.4. The van der Waals surface area contributed by atoms with Gasteiger partial charge in [-0.1, -0.05) is 19.3 Å². The van der Waals surface area contributed by atoms with Crippen molar-refractivity contribution in [3.8, 4) is 0 Å². The minimum absolute atomic E-state index is 0.333. The number of rotatable bonds is 3. The van der Waals surface area contributed by atoms with Crippen LogP contribution in [0.2, 0.25) is 0 Å². The van der Waals surface area contributed by atoms with Crippen LogP contribution in [0.1, 0.15) is 50.8 Å². The molecule has 2 rings (SSSR count). The van der Waals surface area contributed by atoms with Crippen molar-refractivity contribution in [2.45, 2.75) is 50.7 Å². The highest BCUT2D eigenvalue weighted by atomic mass is 16.5. The van der Waals surface area contributed by atoms with Crippen LogP contribution in [0.3, 0.4) is 0 Å². The van der Waals surface area contributed by atoms with Gasteiger partial charge in [-0.15, -0.1) is 0 Å². The molecule has 0 radical (unpaired) electrons. The summed E-state index contributed by atoms with van der Waals surface area (Å²) in [6.45, 7) is 1.73. The second kappa shape index (κ2) is 5.10. The second-order valence-corrected chi connectivity index (χ2v) is 4.97. The Balaban J connectivity index is 2.17. The highest BCUT2D eigenvalue weighted by Gasteiger charge is 2.33. The fourth-order valence-corrected chi connectivity index (χ4v) is 2.47. The Bertz CT molecular complexity index is 422. The number of hydrogen-bond donors (Lipinski definition) is 1. The summed E-state index contributed by atoms with van der Waals surface area (Å²) < 4.78 is 6.23. The summed E-state index contributed by atoms with van der Waals surface area (Å²) in [7, 11) is 1.36. The predicted octanol–water partition coefficient (Wildman–Crippen LogP) is 1.77. The van der Waals surface area contributed by atoms with Gasteiger partial charge in [-0.25, -0.2) is 4.79 Å². The monoisotopic (exact) mass is 252 g/mol. The van der Waals surface area contributed by atoms with Crippen molar-refractivity contribution in [2.75, 3.05) is 7.11 Å². The van der Waals surface area contributed by atoms with Crippen LogP contribution in [0.15, 0.2) is 12.3 Å². The number of methoxy groups -OCH3 is 1. The van der Waals surface area contributed by atoms with Gasteiger partial charge in [0.1, 0.15) is 11.6 Å². The predicted molar refractivity (Wildman–Crippen MR) is 65.9 cm³/mol. The molecule has 5 heteroatoms. The van der Waals surface area contributed by atoms with E-state index in [1.54, 1.807) is 23.9 Å². The molecule has 0 saturated heterocycles. The highest BCUT2D eigenvalue weighted by Crippen LogP contribution is 2.36. The number of nitrogens with zero attached hydrogens (tertiary/aromatic N) is 2. The molecule has 1 heterocycles. The molecule has 1 aliphatic rings. The van der Waals surface area contributed by atoms with Crippen LogP contribution in [0.5, 0.6) is 0 Å². The highest BCUT2D eigenvalue weighted by molar-refractivity contribution is 5.73. The first kappa shape index (κ1) is 13.1. The Morgan fingerprint density at radius 3 is 2.78 bits per heavy atom. The second-order valence-electron chi connectivity index (χ2n) is 4.97. The van der Waals surface area contributed by atoms with Crippen LogP contribution in [-0.2, 0) is 15.1 Å². The molecule has 0 amide bonds. The smallest absolute Gasteiger partial charge is 0.330 e. The van der Waals surface area contributed by atoms with Crippen molar-refractivity contribution in [3.63, 3.8) is 0 Å². The number of esters is 1. The van der Waals surface area contributed by atoms with Gasteiger partial charge >= 0.3 is 5.97 Å². The van der Waals surface area contributed by atoms with E-state index < -0.39 is 11.6 Å². The van der Waals surface area contributed by atoms with Gasteiger partial charge < -0.3 is 9.84 Å². The third-order valence-corrected chi connectivity index (χ3v) is 3.70. The van der Waals surface area contributed by atoms with E-state index in [1.807, 2.05) is 0 Å². The molecule has 1 saturated carbocycles. The Morgan fingerprint density at radius 2 is 2.17 bits per heavy atom. The molecule has 1 fully saturated rings. The van der Waals surface area contributed by atoms with Crippen LogP contribution in [0, 0.1) is 0 Å². The maximum Gasteiger partial charge on any atom is 0.330 e. The van der Waals surface area contributed by atoms with Gasteiger partial charge in [0.15, 0.2) is 0 Å². The molecule has 0 spiro atoms. The molecule has 1 atom stereocenters. The van der Waals surface area contributed by atoms with E-state index in [-0.39, 0.29) is 5.97 Å². The minimum atomic E-state index is -0.820. The van der Waals surface area contributed by atoms with Gasteiger partial charge in [0.2, 0.25) is 0 Å². The van der Waals surface area contributed by atoms with E-state index in [4.69, 9.17) is 0 Å². The van der Waals surface area contributed by atoms with E-state index in [1.165, 1.54) is 13.5 Å². The van der Waals surface area contributed by atoms with Crippen LogP contribution in [-0.4, -0.2) is 28.0 Å². The normalized spacial score (nSPS) is 20.4. The molecule has 1 aromatic rings. The van der Waals surface area contributed by atoms with Gasteiger partial charge in [0.05, 0.1) is 12.8 Å². The molecule has 1 N–H and O–H groups in total. The Kier molecular flexibility index (Phi) is 3.71. The molecular formula is C13H20N2O3. The Hall–Kier alpha value is -1.36. The summed E-state index contributed by atoms with van der Waals surface area (Å²) >= 11 is 0. The average Bonchev–Trinajstić information content (AvgIpc) is 2.88. The summed E-state index contributed by atoms with van der Waals surface area (Å²) in [5.74, 6) is -0.333. The fourth-order valence-electron chi connectivity index (χ4n) is 2.47. The standard InChI is InChI=1S/C13H20N2O3/c1-10(12(16)18-2)15-9-6-11(14-15)13(17)7-4-3-5-8-13/h6,9-10,17H,3-5,7-8H2,1-2H3. The summed E-state index contributed by atoms with van der Waals surface area (Å²) in [5, 5.41) is 14.9. The van der Waals surface area contributed by atoms with Gasteiger partial charge in [0, 0.05) is 6.20 Å². The zero-order valence-corrected chi connectivity index (χ0v) is 10.9. The minimum Gasteiger partial charge on any atom is -0.467 e. The number of ether oxygens (including phenoxy) is 1. The fraction of sp³-hybridized carbons (Fsp3) is 0.692. The van der Waals surface area contributed by atoms with Crippen molar-refractivity contribution in [2.24, 2.45) is 0 Å². The summed E-state index contributed by atoms with van der Waals surface area (Å²) in [5.41, 5.74) is -0.155. The first-order valence-electron chi connectivity index (χ1n) is 6.43. The quantitative estimate of drug-likeness (QED) is 0.833. The summed E-state index contributed by atoms with van der Waals surface area (Å²) in [6.07, 6.45) is 6.43. The molecule has 1 aliphatic carbocycles. The zero-order chi connectivity index (χ0) is 13.2. The van der Waals surface area contributed by atoms with E-state index in [2.05, 4.69) is 9.84 Å². The van der Waals surface area contributed by atoms with Crippen molar-refractivity contribution in [1.82, 2.24) is 9.78 Å². The molecule has 18 heavy (non-hydrogen) atoms. The molecule has 100 valence electrons. The molecule has 0 aromatic carbocycles. The number of carbonyl (C=O) groups excluding carboxylic acids is 1. The maximum atomic E-state index is 11.4. The number of aromatic nitrogens is 2. The lowest BCUT2D eigenvalue weighted by atomic mass is 9.83. The van der Waals surface area contributed by atoms with Gasteiger partial charge in [-0.2, -0.15) is 5.10 Å². The average molecular weight is 252 g/mol. The van der Waals surface area contributed by atoms with Crippen molar-refractivity contribution in [1.29, 1.82) is 0 Å². The molecule has 1 unspecified atom stereocenters. The van der Waals surface area contributed by atoms with Crippen LogP contribution >= 0.6 is 0 Å². The third kappa shape index (κ3) is 2.41. The van der Waals surface area contributed by atoms with Crippen LogP contribution in [0.4, 0.5) is 0 Å². The van der Waals surface area contributed by atoms with Crippen molar-refractivity contribution < 1.29 is 14.6 Å². The molecule has 1 aromatic heterocycles. The van der Waals surface area contributed by atoms with Gasteiger partial charge in [-0.3, -0.25) is 4.68 Å². The van der Waals surface area contributed by atoms with E-state index in [0.29, 0.717) is 5.69 Å². The van der Waals surface area contributed by atoms with E-state index >= 15 is 0 Å². The zero-order valence-electron chi connectivity index (χ0n) is 10.9.